The van der Waals surface area contributed by atoms with E-state index in [9.17, 15) is 9.59 Å². The summed E-state index contributed by atoms with van der Waals surface area (Å²) in [6, 6.07) is 11.9. The average Bonchev–Trinajstić information content (AvgIpc) is 3.25. The molecule has 0 atom stereocenters. The highest BCUT2D eigenvalue weighted by Crippen LogP contribution is 2.38. The normalized spacial score (nSPS) is 12.9. The van der Waals surface area contributed by atoms with E-state index in [0.717, 1.165) is 34.0 Å². The standard InChI is InChI=1S/C26H24BrNO4S/c1-31-22-11-7-16(13-21(22)27)8-12-23(29)28-25-24(26(30)32-2)20(15-33-25)19-10-9-17-5-3-4-6-18(17)14-19/h7-15H,3-6H2,1-2H3,(H,28,29)/b12-8+. The molecular weight excluding hydrogens is 502 g/mol. The zero-order valence-electron chi connectivity index (χ0n) is 18.4. The lowest BCUT2D eigenvalue weighted by Gasteiger charge is -2.16. The predicted molar refractivity (Wildman–Crippen MR) is 136 cm³/mol. The number of amides is 1. The molecule has 0 unspecified atom stereocenters. The molecule has 0 radical (unpaired) electrons. The Morgan fingerprint density at radius 1 is 1.06 bits per heavy atom. The number of halogens is 1. The third kappa shape index (κ3) is 5.20. The first-order chi connectivity index (χ1) is 16.0. The Morgan fingerprint density at radius 3 is 2.58 bits per heavy atom. The van der Waals surface area contributed by atoms with Crippen LogP contribution in [0.1, 0.15) is 39.9 Å². The number of ether oxygens (including phenoxy) is 2. The van der Waals surface area contributed by atoms with Crippen molar-refractivity contribution in [2.45, 2.75) is 25.7 Å². The van der Waals surface area contributed by atoms with Crippen LogP contribution in [-0.2, 0) is 22.4 Å². The SMILES string of the molecule is COC(=O)c1c(-c2ccc3c(c2)CCCC3)csc1NC(=O)/C=C/c1ccc(OC)c(Br)c1. The predicted octanol–water partition coefficient (Wildman–Crippen LogP) is 6.50. The highest BCUT2D eigenvalue weighted by molar-refractivity contribution is 9.10. The molecule has 7 heteroatoms. The van der Waals surface area contributed by atoms with E-state index in [-0.39, 0.29) is 5.91 Å². The minimum Gasteiger partial charge on any atom is -0.496 e. The van der Waals surface area contributed by atoms with Gasteiger partial charge in [0.1, 0.15) is 16.3 Å². The number of nitrogens with one attached hydrogen (secondary N) is 1. The fourth-order valence-electron chi connectivity index (χ4n) is 3.98. The van der Waals surface area contributed by atoms with Crippen molar-refractivity contribution >= 4 is 50.2 Å². The molecule has 0 saturated heterocycles. The van der Waals surface area contributed by atoms with Crippen LogP contribution in [0.2, 0.25) is 0 Å². The van der Waals surface area contributed by atoms with E-state index in [1.54, 1.807) is 13.2 Å². The maximum atomic E-state index is 12.6. The number of carbonyl (C=O) groups excluding carboxylic acids is 2. The molecule has 0 fully saturated rings. The molecule has 33 heavy (non-hydrogen) atoms. The van der Waals surface area contributed by atoms with Gasteiger partial charge < -0.3 is 14.8 Å². The van der Waals surface area contributed by atoms with Gasteiger partial charge in [0.15, 0.2) is 0 Å². The van der Waals surface area contributed by atoms with Gasteiger partial charge in [-0.3, -0.25) is 4.79 Å². The molecule has 5 nitrogen and oxygen atoms in total. The topological polar surface area (TPSA) is 64.6 Å². The maximum Gasteiger partial charge on any atom is 0.341 e. The maximum absolute atomic E-state index is 12.6. The van der Waals surface area contributed by atoms with Gasteiger partial charge in [-0.1, -0.05) is 24.3 Å². The molecule has 3 aromatic rings. The van der Waals surface area contributed by atoms with Crippen molar-refractivity contribution in [2.75, 3.05) is 19.5 Å². The molecule has 4 rings (SSSR count). The van der Waals surface area contributed by atoms with E-state index in [4.69, 9.17) is 9.47 Å². The van der Waals surface area contributed by atoms with E-state index in [2.05, 4.69) is 33.4 Å². The Bertz CT molecular complexity index is 1230. The quantitative estimate of drug-likeness (QED) is 0.294. The summed E-state index contributed by atoms with van der Waals surface area (Å²) in [5.74, 6) is -0.0825. The van der Waals surface area contributed by atoms with Gasteiger partial charge >= 0.3 is 5.97 Å². The Morgan fingerprint density at radius 2 is 1.85 bits per heavy atom. The number of hydrogen-bond acceptors (Lipinski definition) is 5. The summed E-state index contributed by atoms with van der Waals surface area (Å²) in [5, 5.41) is 5.21. The third-order valence-electron chi connectivity index (χ3n) is 5.68. The zero-order valence-corrected chi connectivity index (χ0v) is 20.8. The monoisotopic (exact) mass is 525 g/mol. The van der Waals surface area contributed by atoms with Gasteiger partial charge in [-0.15, -0.1) is 11.3 Å². The van der Waals surface area contributed by atoms with Crippen LogP contribution in [0.25, 0.3) is 17.2 Å². The second kappa shape index (κ2) is 10.4. The van der Waals surface area contributed by atoms with Gasteiger partial charge in [0.05, 0.1) is 18.7 Å². The number of rotatable bonds is 6. The summed E-state index contributed by atoms with van der Waals surface area (Å²) >= 11 is 4.76. The minimum absolute atomic E-state index is 0.328. The molecule has 0 bridgehead atoms. The molecular formula is C26H24BrNO4S. The third-order valence-corrected chi connectivity index (χ3v) is 7.19. The Balaban J connectivity index is 1.58. The van der Waals surface area contributed by atoms with Crippen LogP contribution in [-0.4, -0.2) is 26.1 Å². The van der Waals surface area contributed by atoms with Crippen molar-refractivity contribution < 1.29 is 19.1 Å². The van der Waals surface area contributed by atoms with Crippen molar-refractivity contribution in [3.05, 3.63) is 74.6 Å². The van der Waals surface area contributed by atoms with Crippen LogP contribution < -0.4 is 10.1 Å². The first-order valence-electron chi connectivity index (χ1n) is 10.6. The number of aryl methyl sites for hydroxylation is 2. The van der Waals surface area contributed by atoms with Crippen molar-refractivity contribution in [1.82, 2.24) is 0 Å². The number of hydrogen-bond donors (Lipinski definition) is 1. The second-order valence-corrected chi connectivity index (χ2v) is 9.49. The summed E-state index contributed by atoms with van der Waals surface area (Å²) in [4.78, 5) is 25.2. The average molecular weight is 526 g/mol. The van der Waals surface area contributed by atoms with Gasteiger partial charge in [-0.05, 0) is 82.1 Å². The fraction of sp³-hybridized carbons (Fsp3) is 0.231. The lowest BCUT2D eigenvalue weighted by molar-refractivity contribution is -0.111. The van der Waals surface area contributed by atoms with Crippen molar-refractivity contribution in [3.63, 3.8) is 0 Å². The molecule has 1 aromatic heterocycles. The van der Waals surface area contributed by atoms with Gasteiger partial charge in [-0.25, -0.2) is 4.79 Å². The summed E-state index contributed by atoms with van der Waals surface area (Å²) in [6.45, 7) is 0. The highest BCUT2D eigenvalue weighted by atomic mass is 79.9. The lowest BCUT2D eigenvalue weighted by atomic mass is 9.89. The minimum atomic E-state index is -0.470. The van der Waals surface area contributed by atoms with Gasteiger partial charge in [0.25, 0.3) is 0 Å². The molecule has 1 aliphatic rings. The number of fused-ring (bicyclic) bond motifs is 1. The largest absolute Gasteiger partial charge is 0.496 e. The number of thiophene rings is 1. The van der Waals surface area contributed by atoms with Crippen LogP contribution in [0.4, 0.5) is 5.00 Å². The Labute approximate surface area is 205 Å². The van der Waals surface area contributed by atoms with Gasteiger partial charge in [-0.2, -0.15) is 0 Å². The van der Waals surface area contributed by atoms with Crippen molar-refractivity contribution in [1.29, 1.82) is 0 Å². The Hall–Kier alpha value is -2.90. The van der Waals surface area contributed by atoms with Crippen LogP contribution in [0.15, 0.2) is 52.3 Å². The molecule has 1 amide bonds. The number of benzene rings is 2. The molecule has 1 aliphatic carbocycles. The lowest BCUT2D eigenvalue weighted by Crippen LogP contribution is -2.11. The second-order valence-electron chi connectivity index (χ2n) is 7.75. The van der Waals surface area contributed by atoms with Gasteiger partial charge in [0, 0.05) is 17.0 Å². The van der Waals surface area contributed by atoms with Crippen LogP contribution in [0, 0.1) is 0 Å². The van der Waals surface area contributed by atoms with Crippen molar-refractivity contribution in [2.24, 2.45) is 0 Å². The first-order valence-corrected chi connectivity index (χ1v) is 12.3. The van der Waals surface area contributed by atoms with Gasteiger partial charge in [0.2, 0.25) is 5.91 Å². The van der Waals surface area contributed by atoms with E-state index in [0.29, 0.717) is 16.3 Å². The molecule has 170 valence electrons. The number of carbonyl (C=O) groups is 2. The van der Waals surface area contributed by atoms with Crippen LogP contribution in [0.5, 0.6) is 5.75 Å². The van der Waals surface area contributed by atoms with Crippen LogP contribution >= 0.6 is 27.3 Å². The summed E-state index contributed by atoms with van der Waals surface area (Å²) < 4.78 is 11.1. The van der Waals surface area contributed by atoms with E-state index >= 15 is 0 Å². The van der Waals surface area contributed by atoms with E-state index in [1.807, 2.05) is 29.6 Å². The smallest absolute Gasteiger partial charge is 0.341 e. The number of methoxy groups -OCH3 is 2. The molecule has 1 heterocycles. The number of esters is 1. The summed E-state index contributed by atoms with van der Waals surface area (Å²) in [6.07, 6.45) is 7.69. The van der Waals surface area contributed by atoms with Crippen LogP contribution in [0.3, 0.4) is 0 Å². The number of anilines is 1. The highest BCUT2D eigenvalue weighted by Gasteiger charge is 2.23. The molecule has 0 saturated carbocycles. The summed E-state index contributed by atoms with van der Waals surface area (Å²) in [5.41, 5.74) is 5.67. The molecule has 1 N–H and O–H groups in total. The summed E-state index contributed by atoms with van der Waals surface area (Å²) in [7, 11) is 2.95. The van der Waals surface area contributed by atoms with E-state index in [1.165, 1.54) is 48.5 Å². The van der Waals surface area contributed by atoms with E-state index < -0.39 is 5.97 Å². The first kappa shape index (κ1) is 23.3. The Kier molecular flexibility index (Phi) is 7.30. The molecule has 2 aromatic carbocycles. The fourth-order valence-corrected chi connectivity index (χ4v) is 5.50. The zero-order chi connectivity index (χ0) is 23.4. The van der Waals surface area contributed by atoms with Crippen molar-refractivity contribution in [3.8, 4) is 16.9 Å². The molecule has 0 spiro atoms. The molecule has 0 aliphatic heterocycles.